The molecule has 5 heteroatoms. The molecule has 1 unspecified atom stereocenters. The third kappa shape index (κ3) is 3.07. The standard InChI is InChI=1S/C15H18F2N2O/c1-10(12-3-4-12)19(5-6-20-2)15-13(16)7-11(9-18)8-14(15)17/h7-8,10,12H,3-6H2,1-2H3. The number of hydrogen-bond acceptors (Lipinski definition) is 3. The Morgan fingerprint density at radius 2 is 2.00 bits per heavy atom. The molecule has 1 aliphatic carbocycles. The Morgan fingerprint density at radius 1 is 1.40 bits per heavy atom. The molecular formula is C15H18F2N2O. The van der Waals surface area contributed by atoms with Crippen LogP contribution in [0.15, 0.2) is 12.1 Å². The molecule has 0 heterocycles. The van der Waals surface area contributed by atoms with Crippen molar-refractivity contribution >= 4 is 5.69 Å². The van der Waals surface area contributed by atoms with Crippen molar-refractivity contribution in [2.45, 2.75) is 25.8 Å². The highest BCUT2D eigenvalue weighted by Crippen LogP contribution is 2.38. The van der Waals surface area contributed by atoms with Crippen LogP contribution in [0, 0.1) is 28.9 Å². The summed E-state index contributed by atoms with van der Waals surface area (Å²) >= 11 is 0. The second kappa shape index (κ2) is 6.19. The average Bonchev–Trinajstić information content (AvgIpc) is 3.25. The monoisotopic (exact) mass is 280 g/mol. The molecular weight excluding hydrogens is 262 g/mol. The quantitative estimate of drug-likeness (QED) is 0.803. The van der Waals surface area contributed by atoms with Gasteiger partial charge in [0.05, 0.1) is 18.2 Å². The van der Waals surface area contributed by atoms with E-state index in [-0.39, 0.29) is 17.3 Å². The minimum atomic E-state index is -0.690. The molecule has 0 amide bonds. The largest absolute Gasteiger partial charge is 0.383 e. The maximum Gasteiger partial charge on any atom is 0.150 e. The molecule has 0 aliphatic heterocycles. The van der Waals surface area contributed by atoms with Gasteiger partial charge in [0, 0.05) is 19.7 Å². The van der Waals surface area contributed by atoms with Gasteiger partial charge in [-0.15, -0.1) is 0 Å². The van der Waals surface area contributed by atoms with E-state index in [1.165, 1.54) is 0 Å². The number of halogens is 2. The molecule has 0 saturated heterocycles. The lowest BCUT2D eigenvalue weighted by Crippen LogP contribution is -2.38. The molecule has 3 nitrogen and oxygen atoms in total. The minimum absolute atomic E-state index is 0.00508. The summed E-state index contributed by atoms with van der Waals surface area (Å²) in [6.45, 7) is 2.80. The Bertz CT molecular complexity index is 500. The summed E-state index contributed by atoms with van der Waals surface area (Å²) in [5.41, 5.74) is -0.0602. The number of anilines is 1. The van der Waals surface area contributed by atoms with E-state index in [1.54, 1.807) is 18.1 Å². The van der Waals surface area contributed by atoms with Crippen LogP contribution in [0.5, 0.6) is 0 Å². The predicted octanol–water partition coefficient (Wildman–Crippen LogP) is 3.09. The predicted molar refractivity (Wildman–Crippen MR) is 72.5 cm³/mol. The van der Waals surface area contributed by atoms with Crippen LogP contribution in [0.4, 0.5) is 14.5 Å². The summed E-state index contributed by atoms with van der Waals surface area (Å²) in [5, 5.41) is 8.75. The second-order valence-corrected chi connectivity index (χ2v) is 5.16. The highest BCUT2D eigenvalue weighted by Gasteiger charge is 2.34. The van der Waals surface area contributed by atoms with E-state index >= 15 is 0 Å². The normalized spacial score (nSPS) is 15.8. The van der Waals surface area contributed by atoms with E-state index in [0.717, 1.165) is 25.0 Å². The third-order valence-electron chi connectivity index (χ3n) is 3.77. The van der Waals surface area contributed by atoms with Gasteiger partial charge in [-0.25, -0.2) is 8.78 Å². The molecule has 108 valence electrons. The van der Waals surface area contributed by atoms with E-state index < -0.39 is 11.6 Å². The maximum atomic E-state index is 14.1. The molecule has 1 atom stereocenters. The van der Waals surface area contributed by atoms with Crippen LogP contribution in [0.3, 0.4) is 0 Å². The Hall–Kier alpha value is -1.67. The second-order valence-electron chi connectivity index (χ2n) is 5.16. The topological polar surface area (TPSA) is 36.3 Å². The smallest absolute Gasteiger partial charge is 0.150 e. The third-order valence-corrected chi connectivity index (χ3v) is 3.77. The van der Waals surface area contributed by atoms with Gasteiger partial charge < -0.3 is 9.64 Å². The van der Waals surface area contributed by atoms with Crippen LogP contribution >= 0.6 is 0 Å². The zero-order valence-electron chi connectivity index (χ0n) is 11.7. The summed E-state index contributed by atoms with van der Waals surface area (Å²) in [6.07, 6.45) is 2.17. The fourth-order valence-corrected chi connectivity index (χ4v) is 2.45. The maximum absolute atomic E-state index is 14.1. The summed E-state index contributed by atoms with van der Waals surface area (Å²) in [6, 6.07) is 3.98. The van der Waals surface area contributed by atoms with Crippen LogP contribution in [-0.4, -0.2) is 26.3 Å². The van der Waals surface area contributed by atoms with Gasteiger partial charge in [-0.1, -0.05) is 0 Å². The SMILES string of the molecule is COCCN(c1c(F)cc(C#N)cc1F)C(C)C1CC1. The highest BCUT2D eigenvalue weighted by atomic mass is 19.1. The summed E-state index contributed by atoms with van der Waals surface area (Å²) < 4.78 is 33.3. The van der Waals surface area contributed by atoms with E-state index in [4.69, 9.17) is 10.00 Å². The highest BCUT2D eigenvalue weighted by molar-refractivity contribution is 5.53. The van der Waals surface area contributed by atoms with E-state index in [2.05, 4.69) is 0 Å². The van der Waals surface area contributed by atoms with Crippen LogP contribution in [0.2, 0.25) is 0 Å². The fraction of sp³-hybridized carbons (Fsp3) is 0.533. The molecule has 1 saturated carbocycles. The Kier molecular flexibility index (Phi) is 4.56. The van der Waals surface area contributed by atoms with Crippen LogP contribution < -0.4 is 4.90 Å². The number of ether oxygens (including phenoxy) is 1. The lowest BCUT2D eigenvalue weighted by atomic mass is 10.1. The van der Waals surface area contributed by atoms with Gasteiger partial charge in [-0.2, -0.15) is 5.26 Å². The van der Waals surface area contributed by atoms with Gasteiger partial charge in [0.15, 0.2) is 11.6 Å². The van der Waals surface area contributed by atoms with Crippen molar-refractivity contribution in [2.24, 2.45) is 5.92 Å². The first-order valence-electron chi connectivity index (χ1n) is 6.73. The molecule has 1 aliphatic rings. The molecule has 2 rings (SSSR count). The zero-order chi connectivity index (χ0) is 14.7. The van der Waals surface area contributed by atoms with Crippen molar-refractivity contribution in [1.29, 1.82) is 5.26 Å². The average molecular weight is 280 g/mol. The van der Waals surface area contributed by atoms with E-state index in [1.807, 2.05) is 6.92 Å². The van der Waals surface area contributed by atoms with Gasteiger partial charge in [0.2, 0.25) is 0 Å². The van der Waals surface area contributed by atoms with Gasteiger partial charge in [-0.05, 0) is 37.8 Å². The molecule has 0 radical (unpaired) electrons. The van der Waals surface area contributed by atoms with Gasteiger partial charge in [-0.3, -0.25) is 0 Å². The van der Waals surface area contributed by atoms with E-state index in [9.17, 15) is 8.78 Å². The molecule has 20 heavy (non-hydrogen) atoms. The number of methoxy groups -OCH3 is 1. The molecule has 0 N–H and O–H groups in total. The van der Waals surface area contributed by atoms with E-state index in [0.29, 0.717) is 19.1 Å². The molecule has 0 spiro atoms. The van der Waals surface area contributed by atoms with Crippen molar-refractivity contribution in [2.75, 3.05) is 25.2 Å². The van der Waals surface area contributed by atoms with Crippen LogP contribution in [0.1, 0.15) is 25.3 Å². The number of hydrogen-bond donors (Lipinski definition) is 0. The summed E-state index contributed by atoms with van der Waals surface area (Å²) in [5.74, 6) is -0.906. The van der Waals surface area contributed by atoms with Crippen molar-refractivity contribution in [3.05, 3.63) is 29.3 Å². The molecule has 1 aromatic rings. The minimum Gasteiger partial charge on any atom is -0.383 e. The molecule has 0 aromatic heterocycles. The summed E-state index contributed by atoms with van der Waals surface area (Å²) in [7, 11) is 1.56. The number of benzene rings is 1. The van der Waals surface area contributed by atoms with Crippen LogP contribution in [-0.2, 0) is 4.74 Å². The molecule has 0 bridgehead atoms. The van der Waals surface area contributed by atoms with Gasteiger partial charge in [0.25, 0.3) is 0 Å². The zero-order valence-corrected chi connectivity index (χ0v) is 11.7. The Labute approximate surface area is 117 Å². The Morgan fingerprint density at radius 3 is 2.45 bits per heavy atom. The van der Waals surface area contributed by atoms with Crippen LogP contribution in [0.25, 0.3) is 0 Å². The van der Waals surface area contributed by atoms with Gasteiger partial charge in [0.1, 0.15) is 5.69 Å². The van der Waals surface area contributed by atoms with Crippen molar-refractivity contribution < 1.29 is 13.5 Å². The first-order chi connectivity index (χ1) is 9.58. The van der Waals surface area contributed by atoms with Gasteiger partial charge >= 0.3 is 0 Å². The number of nitrogens with zero attached hydrogens (tertiary/aromatic N) is 2. The lowest BCUT2D eigenvalue weighted by molar-refractivity contribution is 0.202. The molecule has 1 aromatic carbocycles. The number of rotatable bonds is 6. The summed E-state index contributed by atoms with van der Waals surface area (Å²) in [4.78, 5) is 1.72. The van der Waals surface area contributed by atoms with Crippen molar-refractivity contribution in [3.8, 4) is 6.07 Å². The number of nitriles is 1. The molecule has 1 fully saturated rings. The Balaban J connectivity index is 2.34. The first-order valence-corrected chi connectivity index (χ1v) is 6.73. The fourth-order valence-electron chi connectivity index (χ4n) is 2.45. The first kappa shape index (κ1) is 14.7. The van der Waals surface area contributed by atoms with Crippen molar-refractivity contribution in [1.82, 2.24) is 0 Å². The van der Waals surface area contributed by atoms with Crippen molar-refractivity contribution in [3.63, 3.8) is 0 Å². The lowest BCUT2D eigenvalue weighted by Gasteiger charge is -2.32.